The standard InChI is InChI=1S/C10H18N2S/c1-8-4-5-10(13-8)9(6-11)7-12(2)3/h4-5,9H,6-7,11H2,1-3H3. The highest BCUT2D eigenvalue weighted by Gasteiger charge is 2.12. The molecular weight excluding hydrogens is 180 g/mol. The lowest BCUT2D eigenvalue weighted by molar-refractivity contribution is 0.377. The fourth-order valence-corrected chi connectivity index (χ4v) is 2.38. The summed E-state index contributed by atoms with van der Waals surface area (Å²) in [4.78, 5) is 4.97. The summed E-state index contributed by atoms with van der Waals surface area (Å²) in [7, 11) is 4.17. The Labute approximate surface area is 84.4 Å². The minimum atomic E-state index is 0.494. The van der Waals surface area contributed by atoms with Gasteiger partial charge in [-0.3, -0.25) is 0 Å². The third-order valence-electron chi connectivity index (χ3n) is 2.03. The summed E-state index contributed by atoms with van der Waals surface area (Å²) in [5.74, 6) is 0.494. The summed E-state index contributed by atoms with van der Waals surface area (Å²) in [6.07, 6.45) is 0. The zero-order chi connectivity index (χ0) is 9.84. The normalized spacial score (nSPS) is 13.6. The Morgan fingerprint density at radius 2 is 2.15 bits per heavy atom. The van der Waals surface area contributed by atoms with Crippen LogP contribution in [0.5, 0.6) is 0 Å². The van der Waals surface area contributed by atoms with Gasteiger partial charge in [0.05, 0.1) is 0 Å². The number of hydrogen-bond acceptors (Lipinski definition) is 3. The Morgan fingerprint density at radius 1 is 1.46 bits per heavy atom. The predicted octanol–water partition coefficient (Wildman–Crippen LogP) is 1.66. The van der Waals surface area contributed by atoms with Crippen LogP contribution in [-0.4, -0.2) is 32.1 Å². The second kappa shape index (κ2) is 4.74. The number of thiophene rings is 1. The average molecular weight is 198 g/mol. The SMILES string of the molecule is Cc1ccc(C(CN)CN(C)C)s1. The van der Waals surface area contributed by atoms with Gasteiger partial charge in [0.2, 0.25) is 0 Å². The Morgan fingerprint density at radius 3 is 2.54 bits per heavy atom. The van der Waals surface area contributed by atoms with Crippen LogP contribution in [0.25, 0.3) is 0 Å². The lowest BCUT2D eigenvalue weighted by atomic mass is 10.1. The van der Waals surface area contributed by atoms with Gasteiger partial charge in [-0.25, -0.2) is 0 Å². The monoisotopic (exact) mass is 198 g/mol. The van der Waals surface area contributed by atoms with E-state index in [0.29, 0.717) is 5.92 Å². The molecule has 3 heteroatoms. The maximum atomic E-state index is 5.74. The van der Waals surface area contributed by atoms with Gasteiger partial charge >= 0.3 is 0 Å². The first kappa shape index (κ1) is 10.7. The van der Waals surface area contributed by atoms with E-state index in [1.807, 2.05) is 11.3 Å². The van der Waals surface area contributed by atoms with Crippen LogP contribution in [0.3, 0.4) is 0 Å². The first-order valence-corrected chi connectivity index (χ1v) is 5.36. The average Bonchev–Trinajstić information content (AvgIpc) is 2.47. The molecule has 0 saturated heterocycles. The molecule has 0 saturated carbocycles. The molecule has 0 aliphatic rings. The fraction of sp³-hybridized carbons (Fsp3) is 0.600. The van der Waals surface area contributed by atoms with Crippen molar-refractivity contribution in [1.29, 1.82) is 0 Å². The van der Waals surface area contributed by atoms with Gasteiger partial charge in [-0.1, -0.05) is 0 Å². The van der Waals surface area contributed by atoms with Crippen LogP contribution in [0.4, 0.5) is 0 Å². The summed E-state index contributed by atoms with van der Waals surface area (Å²) in [5.41, 5.74) is 5.74. The van der Waals surface area contributed by atoms with Crippen LogP contribution in [0.2, 0.25) is 0 Å². The van der Waals surface area contributed by atoms with Gasteiger partial charge < -0.3 is 10.6 Å². The van der Waals surface area contributed by atoms with Crippen LogP contribution >= 0.6 is 11.3 Å². The second-order valence-corrected chi connectivity index (χ2v) is 4.96. The molecule has 2 N–H and O–H groups in total. The van der Waals surface area contributed by atoms with Crippen LogP contribution < -0.4 is 5.73 Å². The van der Waals surface area contributed by atoms with E-state index >= 15 is 0 Å². The molecule has 2 nitrogen and oxygen atoms in total. The van der Waals surface area contributed by atoms with E-state index < -0.39 is 0 Å². The van der Waals surface area contributed by atoms with E-state index in [1.54, 1.807) is 0 Å². The predicted molar refractivity (Wildman–Crippen MR) is 59.4 cm³/mol. The van der Waals surface area contributed by atoms with Gasteiger partial charge in [0, 0.05) is 28.8 Å². The maximum Gasteiger partial charge on any atom is 0.0183 e. The molecule has 0 amide bonds. The lowest BCUT2D eigenvalue weighted by Gasteiger charge is -2.17. The van der Waals surface area contributed by atoms with Crippen molar-refractivity contribution in [2.45, 2.75) is 12.8 Å². The fourth-order valence-electron chi connectivity index (χ4n) is 1.39. The molecule has 0 aromatic carbocycles. The van der Waals surface area contributed by atoms with Gasteiger partial charge in [0.1, 0.15) is 0 Å². The van der Waals surface area contributed by atoms with Crippen LogP contribution in [0.15, 0.2) is 12.1 Å². The topological polar surface area (TPSA) is 29.3 Å². The molecule has 74 valence electrons. The summed E-state index contributed by atoms with van der Waals surface area (Å²) in [6.45, 7) is 3.91. The first-order valence-electron chi connectivity index (χ1n) is 4.54. The molecule has 1 heterocycles. The van der Waals surface area contributed by atoms with Crippen molar-refractivity contribution in [3.8, 4) is 0 Å². The Balaban J connectivity index is 2.66. The van der Waals surface area contributed by atoms with Gasteiger partial charge in [-0.2, -0.15) is 0 Å². The second-order valence-electron chi connectivity index (χ2n) is 3.64. The maximum absolute atomic E-state index is 5.74. The smallest absolute Gasteiger partial charge is 0.0183 e. The van der Waals surface area contributed by atoms with E-state index in [2.05, 4.69) is 38.1 Å². The van der Waals surface area contributed by atoms with Gasteiger partial charge in [-0.05, 0) is 33.2 Å². The number of aryl methyl sites for hydroxylation is 1. The minimum absolute atomic E-state index is 0.494. The number of rotatable bonds is 4. The van der Waals surface area contributed by atoms with Gasteiger partial charge in [0.15, 0.2) is 0 Å². The molecule has 0 aliphatic heterocycles. The number of hydrogen-bond donors (Lipinski definition) is 1. The molecule has 0 radical (unpaired) electrons. The molecule has 0 bridgehead atoms. The third kappa shape index (κ3) is 3.10. The number of nitrogens with two attached hydrogens (primary N) is 1. The first-order chi connectivity index (χ1) is 6.13. The zero-order valence-electron chi connectivity index (χ0n) is 8.58. The molecular formula is C10H18N2S. The number of likely N-dealkylation sites (N-methyl/N-ethyl adjacent to an activating group) is 1. The molecule has 1 rings (SSSR count). The van der Waals surface area contributed by atoms with Crippen molar-refractivity contribution >= 4 is 11.3 Å². The Bertz CT molecular complexity index is 255. The van der Waals surface area contributed by atoms with Crippen molar-refractivity contribution < 1.29 is 0 Å². The molecule has 0 fully saturated rings. The molecule has 1 aromatic rings. The zero-order valence-corrected chi connectivity index (χ0v) is 9.40. The third-order valence-corrected chi connectivity index (χ3v) is 3.20. The van der Waals surface area contributed by atoms with Crippen molar-refractivity contribution in [1.82, 2.24) is 4.90 Å². The van der Waals surface area contributed by atoms with E-state index in [4.69, 9.17) is 5.73 Å². The van der Waals surface area contributed by atoms with Crippen LogP contribution in [-0.2, 0) is 0 Å². The summed E-state index contributed by atoms with van der Waals surface area (Å²) in [5, 5.41) is 0. The lowest BCUT2D eigenvalue weighted by Crippen LogP contribution is -2.25. The van der Waals surface area contributed by atoms with Crippen molar-refractivity contribution in [2.24, 2.45) is 5.73 Å². The molecule has 13 heavy (non-hydrogen) atoms. The summed E-state index contributed by atoms with van der Waals surface area (Å²) in [6, 6.07) is 4.36. The van der Waals surface area contributed by atoms with Crippen molar-refractivity contribution in [3.05, 3.63) is 21.9 Å². The molecule has 1 unspecified atom stereocenters. The Kier molecular flexibility index (Phi) is 3.90. The van der Waals surface area contributed by atoms with Gasteiger partial charge in [0.25, 0.3) is 0 Å². The van der Waals surface area contributed by atoms with Crippen molar-refractivity contribution in [3.63, 3.8) is 0 Å². The van der Waals surface area contributed by atoms with E-state index in [-0.39, 0.29) is 0 Å². The minimum Gasteiger partial charge on any atom is -0.330 e. The molecule has 0 spiro atoms. The van der Waals surface area contributed by atoms with Crippen molar-refractivity contribution in [2.75, 3.05) is 27.2 Å². The van der Waals surface area contributed by atoms with E-state index in [1.165, 1.54) is 9.75 Å². The highest BCUT2D eigenvalue weighted by Crippen LogP contribution is 2.24. The molecule has 1 aromatic heterocycles. The molecule has 1 atom stereocenters. The molecule has 0 aliphatic carbocycles. The number of nitrogens with zero attached hydrogens (tertiary/aromatic N) is 1. The highest BCUT2D eigenvalue weighted by molar-refractivity contribution is 7.12. The largest absolute Gasteiger partial charge is 0.330 e. The van der Waals surface area contributed by atoms with E-state index in [9.17, 15) is 0 Å². The quantitative estimate of drug-likeness (QED) is 0.797. The summed E-state index contributed by atoms with van der Waals surface area (Å²) >= 11 is 1.86. The van der Waals surface area contributed by atoms with Gasteiger partial charge in [-0.15, -0.1) is 11.3 Å². The Hall–Kier alpha value is -0.380. The van der Waals surface area contributed by atoms with E-state index in [0.717, 1.165) is 13.1 Å². The van der Waals surface area contributed by atoms with Crippen LogP contribution in [0.1, 0.15) is 15.7 Å². The summed E-state index contributed by atoms with van der Waals surface area (Å²) < 4.78 is 0. The highest BCUT2D eigenvalue weighted by atomic mass is 32.1. The van der Waals surface area contributed by atoms with Crippen LogP contribution in [0, 0.1) is 6.92 Å².